The van der Waals surface area contributed by atoms with Gasteiger partial charge in [0.05, 0.1) is 0 Å². The van der Waals surface area contributed by atoms with Gasteiger partial charge in [-0.15, -0.1) is 0 Å². The van der Waals surface area contributed by atoms with Crippen molar-refractivity contribution in [3.63, 3.8) is 0 Å². The third-order valence-corrected chi connectivity index (χ3v) is 7.49. The first-order valence-corrected chi connectivity index (χ1v) is 12.9. The van der Waals surface area contributed by atoms with Crippen molar-refractivity contribution < 1.29 is 0 Å². The lowest BCUT2D eigenvalue weighted by Gasteiger charge is -2.24. The Balaban J connectivity index is 1.31. The van der Waals surface area contributed by atoms with E-state index in [-0.39, 0.29) is 0 Å². The molecular formula is C34H31N. The van der Waals surface area contributed by atoms with E-state index in [4.69, 9.17) is 0 Å². The lowest BCUT2D eigenvalue weighted by atomic mass is 9.81. The van der Waals surface area contributed by atoms with Crippen molar-refractivity contribution in [2.24, 2.45) is 0 Å². The summed E-state index contributed by atoms with van der Waals surface area (Å²) < 4.78 is 0. The maximum Gasteiger partial charge on any atom is 0.0463 e. The van der Waals surface area contributed by atoms with Gasteiger partial charge in [0.25, 0.3) is 0 Å². The Labute approximate surface area is 208 Å². The highest BCUT2D eigenvalue weighted by Gasteiger charge is 2.18. The summed E-state index contributed by atoms with van der Waals surface area (Å²) in [7, 11) is 0. The van der Waals surface area contributed by atoms with Gasteiger partial charge in [0.1, 0.15) is 0 Å². The fourth-order valence-corrected chi connectivity index (χ4v) is 5.69. The van der Waals surface area contributed by atoms with Gasteiger partial charge < -0.3 is 5.32 Å². The standard InChI is InChI=1S/C34H31N/c1-3-11-25(12-4-1)29-23-24-30(33-17-8-7-16-32(29)33)27-19-21-28(22-20-27)35-34-18-10-9-15-31(34)26-13-5-2-6-14-26/h2,5-10,13-25,35H,1,3-4,11-12H2. The molecule has 1 saturated carbocycles. The molecule has 5 aromatic carbocycles. The second-order valence-electron chi connectivity index (χ2n) is 9.70. The smallest absolute Gasteiger partial charge is 0.0463 e. The molecule has 1 aliphatic rings. The van der Waals surface area contributed by atoms with E-state index in [1.807, 2.05) is 0 Å². The van der Waals surface area contributed by atoms with Crippen LogP contribution in [-0.2, 0) is 0 Å². The quantitative estimate of drug-likeness (QED) is 0.279. The summed E-state index contributed by atoms with van der Waals surface area (Å²) in [6.07, 6.45) is 6.77. The van der Waals surface area contributed by atoms with Gasteiger partial charge in [-0.2, -0.15) is 0 Å². The summed E-state index contributed by atoms with van der Waals surface area (Å²) >= 11 is 0. The highest BCUT2D eigenvalue weighted by atomic mass is 14.9. The summed E-state index contributed by atoms with van der Waals surface area (Å²) in [6, 6.07) is 41.7. The van der Waals surface area contributed by atoms with E-state index in [1.54, 1.807) is 5.56 Å². The van der Waals surface area contributed by atoms with Crippen LogP contribution in [0.2, 0.25) is 0 Å². The molecule has 1 nitrogen and oxygen atoms in total. The maximum absolute atomic E-state index is 3.64. The van der Waals surface area contributed by atoms with Gasteiger partial charge in [0.15, 0.2) is 0 Å². The first-order chi connectivity index (χ1) is 17.4. The first-order valence-electron chi connectivity index (χ1n) is 12.9. The number of para-hydroxylation sites is 1. The zero-order valence-corrected chi connectivity index (χ0v) is 20.1. The fourth-order valence-electron chi connectivity index (χ4n) is 5.69. The monoisotopic (exact) mass is 453 g/mol. The van der Waals surface area contributed by atoms with E-state index in [0.717, 1.165) is 11.4 Å². The van der Waals surface area contributed by atoms with Gasteiger partial charge in [0, 0.05) is 16.9 Å². The summed E-state index contributed by atoms with van der Waals surface area (Å²) in [5.74, 6) is 0.707. The largest absolute Gasteiger partial charge is 0.355 e. The molecule has 0 saturated heterocycles. The molecule has 0 spiro atoms. The summed E-state index contributed by atoms with van der Waals surface area (Å²) in [6.45, 7) is 0. The maximum atomic E-state index is 3.64. The van der Waals surface area contributed by atoms with Crippen molar-refractivity contribution in [3.8, 4) is 22.3 Å². The topological polar surface area (TPSA) is 12.0 Å². The molecule has 0 radical (unpaired) electrons. The molecule has 1 N–H and O–H groups in total. The minimum absolute atomic E-state index is 0.707. The number of anilines is 2. The molecule has 35 heavy (non-hydrogen) atoms. The molecular weight excluding hydrogens is 422 g/mol. The van der Waals surface area contributed by atoms with Gasteiger partial charge in [-0.25, -0.2) is 0 Å². The Morgan fingerprint density at radius 3 is 1.94 bits per heavy atom. The number of fused-ring (bicyclic) bond motifs is 1. The van der Waals surface area contributed by atoms with Crippen LogP contribution in [0.15, 0.2) is 115 Å². The molecule has 0 aromatic heterocycles. The number of nitrogens with one attached hydrogen (secondary N) is 1. The second-order valence-corrected chi connectivity index (χ2v) is 9.70. The predicted octanol–water partition coefficient (Wildman–Crippen LogP) is 9.97. The first kappa shape index (κ1) is 21.7. The van der Waals surface area contributed by atoms with Crippen LogP contribution in [0.5, 0.6) is 0 Å². The normalized spacial score (nSPS) is 14.2. The average molecular weight is 454 g/mol. The van der Waals surface area contributed by atoms with E-state index in [1.165, 1.54) is 65.1 Å². The van der Waals surface area contributed by atoms with E-state index in [2.05, 4.69) is 121 Å². The zero-order chi connectivity index (χ0) is 23.5. The van der Waals surface area contributed by atoms with Crippen LogP contribution in [0.4, 0.5) is 11.4 Å². The van der Waals surface area contributed by atoms with Crippen LogP contribution in [0.1, 0.15) is 43.6 Å². The molecule has 0 amide bonds. The van der Waals surface area contributed by atoms with Crippen LogP contribution >= 0.6 is 0 Å². The highest BCUT2D eigenvalue weighted by Crippen LogP contribution is 2.40. The van der Waals surface area contributed by atoms with E-state index >= 15 is 0 Å². The van der Waals surface area contributed by atoms with Crippen LogP contribution in [-0.4, -0.2) is 0 Å². The van der Waals surface area contributed by atoms with Crippen LogP contribution < -0.4 is 5.32 Å². The number of hydrogen-bond donors (Lipinski definition) is 1. The van der Waals surface area contributed by atoms with Gasteiger partial charge in [0.2, 0.25) is 0 Å². The fraction of sp³-hybridized carbons (Fsp3) is 0.176. The van der Waals surface area contributed by atoms with Crippen molar-refractivity contribution >= 4 is 22.1 Å². The minimum atomic E-state index is 0.707. The number of benzene rings is 5. The van der Waals surface area contributed by atoms with E-state index in [0.29, 0.717) is 5.92 Å². The van der Waals surface area contributed by atoms with Gasteiger partial charge in [-0.1, -0.05) is 116 Å². The Kier molecular flexibility index (Phi) is 6.07. The molecule has 5 aromatic rings. The molecule has 0 bridgehead atoms. The predicted molar refractivity (Wildman–Crippen MR) is 150 cm³/mol. The molecule has 0 atom stereocenters. The zero-order valence-electron chi connectivity index (χ0n) is 20.1. The van der Waals surface area contributed by atoms with Crippen molar-refractivity contribution in [2.45, 2.75) is 38.0 Å². The molecule has 0 heterocycles. The van der Waals surface area contributed by atoms with Crippen molar-refractivity contribution in [2.75, 3.05) is 5.32 Å². The van der Waals surface area contributed by atoms with E-state index < -0.39 is 0 Å². The Bertz CT molecular complexity index is 1430. The molecule has 1 aliphatic carbocycles. The third-order valence-electron chi connectivity index (χ3n) is 7.49. The summed E-state index contributed by atoms with van der Waals surface area (Å²) in [4.78, 5) is 0. The number of hydrogen-bond acceptors (Lipinski definition) is 1. The molecule has 6 rings (SSSR count). The Morgan fingerprint density at radius 1 is 0.486 bits per heavy atom. The second kappa shape index (κ2) is 9.80. The van der Waals surface area contributed by atoms with Gasteiger partial charge >= 0.3 is 0 Å². The van der Waals surface area contributed by atoms with Crippen molar-refractivity contribution in [3.05, 3.63) is 121 Å². The lowest BCUT2D eigenvalue weighted by molar-refractivity contribution is 0.445. The molecule has 0 aliphatic heterocycles. The van der Waals surface area contributed by atoms with Gasteiger partial charge in [-0.05, 0) is 70.0 Å². The molecule has 172 valence electrons. The Hall–Kier alpha value is -3.84. The molecule has 1 fully saturated rings. The van der Waals surface area contributed by atoms with Crippen molar-refractivity contribution in [1.29, 1.82) is 0 Å². The van der Waals surface area contributed by atoms with Gasteiger partial charge in [-0.3, -0.25) is 0 Å². The number of rotatable bonds is 5. The summed E-state index contributed by atoms with van der Waals surface area (Å²) in [5.41, 5.74) is 8.77. The SMILES string of the molecule is c1ccc(-c2ccccc2Nc2ccc(-c3ccc(C4CCCCC4)c4ccccc34)cc2)cc1. The van der Waals surface area contributed by atoms with Crippen molar-refractivity contribution in [1.82, 2.24) is 0 Å². The van der Waals surface area contributed by atoms with Crippen LogP contribution in [0.3, 0.4) is 0 Å². The average Bonchev–Trinajstić information content (AvgIpc) is 2.94. The highest BCUT2D eigenvalue weighted by molar-refractivity contribution is 5.99. The molecule has 0 unspecified atom stereocenters. The van der Waals surface area contributed by atoms with E-state index in [9.17, 15) is 0 Å². The Morgan fingerprint density at radius 2 is 1.14 bits per heavy atom. The minimum Gasteiger partial charge on any atom is -0.355 e. The van der Waals surface area contributed by atoms with Crippen LogP contribution in [0, 0.1) is 0 Å². The lowest BCUT2D eigenvalue weighted by Crippen LogP contribution is -2.05. The third kappa shape index (κ3) is 4.47. The summed E-state index contributed by atoms with van der Waals surface area (Å²) in [5, 5.41) is 6.43. The molecule has 1 heteroatoms. The van der Waals surface area contributed by atoms with Crippen LogP contribution in [0.25, 0.3) is 33.0 Å².